The van der Waals surface area contributed by atoms with E-state index in [2.05, 4.69) is 41.7 Å². The average molecular weight is 410 g/mol. The molecule has 1 saturated heterocycles. The van der Waals surface area contributed by atoms with Gasteiger partial charge < -0.3 is 19.5 Å². The summed E-state index contributed by atoms with van der Waals surface area (Å²) in [5.74, 6) is 2.65. The predicted molar refractivity (Wildman–Crippen MR) is 114 cm³/mol. The van der Waals surface area contributed by atoms with E-state index in [1.165, 1.54) is 16.7 Å². The average Bonchev–Trinajstić information content (AvgIpc) is 3.07. The second-order valence-corrected chi connectivity index (χ2v) is 8.03. The Kier molecular flexibility index (Phi) is 4.37. The molecular formula is C24H24ClNO3. The molecule has 0 radical (unpaired) electrons. The summed E-state index contributed by atoms with van der Waals surface area (Å²) in [5, 5.41) is 3.70. The molecule has 29 heavy (non-hydrogen) atoms. The van der Waals surface area contributed by atoms with Gasteiger partial charge in [-0.25, -0.2) is 0 Å². The second kappa shape index (κ2) is 6.82. The van der Waals surface area contributed by atoms with Crippen molar-refractivity contribution in [3.63, 3.8) is 0 Å². The van der Waals surface area contributed by atoms with Gasteiger partial charge in [-0.15, -0.1) is 12.4 Å². The molecule has 2 aliphatic carbocycles. The predicted octanol–water partition coefficient (Wildman–Crippen LogP) is 4.07. The molecule has 6 rings (SSSR count). The van der Waals surface area contributed by atoms with Crippen LogP contribution in [0.1, 0.15) is 23.1 Å². The Morgan fingerprint density at radius 3 is 2.83 bits per heavy atom. The molecule has 2 aliphatic heterocycles. The van der Waals surface area contributed by atoms with Gasteiger partial charge in [0.1, 0.15) is 12.4 Å². The molecule has 1 spiro atoms. The van der Waals surface area contributed by atoms with Crippen molar-refractivity contribution >= 4 is 12.4 Å². The van der Waals surface area contributed by atoms with Crippen LogP contribution in [0.15, 0.2) is 65.9 Å². The third-order valence-corrected chi connectivity index (χ3v) is 6.72. The summed E-state index contributed by atoms with van der Waals surface area (Å²) >= 11 is 0. The molecule has 1 N–H and O–H groups in total. The second-order valence-electron chi connectivity index (χ2n) is 8.03. The van der Waals surface area contributed by atoms with Crippen LogP contribution in [-0.4, -0.2) is 25.8 Å². The van der Waals surface area contributed by atoms with Gasteiger partial charge in [0.25, 0.3) is 0 Å². The van der Waals surface area contributed by atoms with Crippen molar-refractivity contribution in [3.8, 4) is 11.5 Å². The summed E-state index contributed by atoms with van der Waals surface area (Å²) in [5.41, 5.74) is 5.17. The Bertz CT molecular complexity index is 1020. The van der Waals surface area contributed by atoms with Crippen LogP contribution in [0.25, 0.3) is 0 Å². The van der Waals surface area contributed by atoms with Gasteiger partial charge in [0.15, 0.2) is 17.6 Å². The van der Waals surface area contributed by atoms with E-state index < -0.39 is 0 Å². The number of nitrogens with one attached hydrogen (secondary N) is 1. The number of allylic oxidation sites excluding steroid dienone is 2. The summed E-state index contributed by atoms with van der Waals surface area (Å²) in [7, 11) is 1.74. The van der Waals surface area contributed by atoms with E-state index in [0.29, 0.717) is 12.6 Å². The Balaban J connectivity index is 0.00000181. The molecule has 4 nitrogen and oxygen atoms in total. The number of rotatable bonds is 4. The molecular weight excluding hydrogens is 386 g/mol. The smallest absolute Gasteiger partial charge is 0.169 e. The van der Waals surface area contributed by atoms with Gasteiger partial charge >= 0.3 is 0 Å². The van der Waals surface area contributed by atoms with E-state index in [1.807, 2.05) is 18.2 Å². The minimum atomic E-state index is -0.120. The van der Waals surface area contributed by atoms with Gasteiger partial charge in [-0.1, -0.05) is 42.5 Å². The zero-order valence-corrected chi connectivity index (χ0v) is 17.1. The number of hydrogen-bond donors (Lipinski definition) is 1. The molecule has 0 aromatic heterocycles. The van der Waals surface area contributed by atoms with Crippen LogP contribution in [0, 0.1) is 0 Å². The Hall–Kier alpha value is -2.43. The monoisotopic (exact) mass is 409 g/mol. The molecule has 5 heteroatoms. The first-order valence-electron chi connectivity index (χ1n) is 10.0. The van der Waals surface area contributed by atoms with Crippen LogP contribution in [0.2, 0.25) is 0 Å². The zero-order valence-electron chi connectivity index (χ0n) is 16.3. The largest absolute Gasteiger partial charge is 0.497 e. The molecule has 150 valence electrons. The molecule has 0 saturated carbocycles. The summed E-state index contributed by atoms with van der Waals surface area (Å²) in [6.45, 7) is 1.53. The quantitative estimate of drug-likeness (QED) is 0.826. The molecule has 3 unspecified atom stereocenters. The highest BCUT2D eigenvalue weighted by Crippen LogP contribution is 2.61. The number of methoxy groups -OCH3 is 1. The van der Waals surface area contributed by atoms with Gasteiger partial charge in [0.2, 0.25) is 0 Å². The maximum Gasteiger partial charge on any atom is 0.169 e. The first kappa shape index (κ1) is 18.6. The van der Waals surface area contributed by atoms with E-state index in [-0.39, 0.29) is 23.9 Å². The lowest BCUT2D eigenvalue weighted by Crippen LogP contribution is -2.58. The molecule has 2 aromatic rings. The molecule has 2 aromatic carbocycles. The number of halogens is 1. The van der Waals surface area contributed by atoms with Crippen molar-refractivity contribution < 1.29 is 14.2 Å². The number of hydrogen-bond acceptors (Lipinski definition) is 4. The number of ether oxygens (including phenoxy) is 3. The fraction of sp³-hybridized carbons (Fsp3) is 0.333. The van der Waals surface area contributed by atoms with Gasteiger partial charge in [-0.3, -0.25) is 0 Å². The van der Waals surface area contributed by atoms with Crippen molar-refractivity contribution in [2.45, 2.75) is 37.0 Å². The van der Waals surface area contributed by atoms with E-state index in [4.69, 9.17) is 14.2 Å². The zero-order chi connectivity index (χ0) is 18.7. The maximum absolute atomic E-state index is 6.61. The Labute approximate surface area is 177 Å². The molecule has 2 heterocycles. The first-order valence-corrected chi connectivity index (χ1v) is 10.0. The summed E-state index contributed by atoms with van der Waals surface area (Å²) in [6, 6.07) is 15.0. The highest BCUT2D eigenvalue weighted by atomic mass is 35.5. The maximum atomic E-state index is 6.61. The lowest BCUT2D eigenvalue weighted by Gasteiger charge is -2.49. The van der Waals surface area contributed by atoms with Crippen molar-refractivity contribution in [3.05, 3.63) is 82.6 Å². The van der Waals surface area contributed by atoms with Crippen molar-refractivity contribution in [1.82, 2.24) is 5.32 Å². The third-order valence-electron chi connectivity index (χ3n) is 6.72. The molecule has 1 fully saturated rings. The molecule has 4 aliphatic rings. The van der Waals surface area contributed by atoms with Crippen LogP contribution in [0.3, 0.4) is 0 Å². The summed E-state index contributed by atoms with van der Waals surface area (Å²) in [4.78, 5) is 0. The van der Waals surface area contributed by atoms with E-state index in [0.717, 1.165) is 42.2 Å². The topological polar surface area (TPSA) is 39.7 Å². The van der Waals surface area contributed by atoms with Gasteiger partial charge in [-0.2, -0.15) is 0 Å². The highest BCUT2D eigenvalue weighted by Gasteiger charge is 2.61. The fourth-order valence-corrected chi connectivity index (χ4v) is 5.54. The Morgan fingerprint density at radius 1 is 1.14 bits per heavy atom. The van der Waals surface area contributed by atoms with Crippen LogP contribution >= 0.6 is 12.4 Å². The normalized spacial score (nSPS) is 27.6. The summed E-state index contributed by atoms with van der Waals surface area (Å²) in [6.07, 6.45) is 6.26. The van der Waals surface area contributed by atoms with Crippen LogP contribution in [0.4, 0.5) is 0 Å². The molecule has 0 amide bonds. The van der Waals surface area contributed by atoms with Gasteiger partial charge in [-0.05, 0) is 48.2 Å². The Morgan fingerprint density at radius 2 is 2.00 bits per heavy atom. The van der Waals surface area contributed by atoms with Crippen molar-refractivity contribution in [2.24, 2.45) is 0 Å². The minimum Gasteiger partial charge on any atom is -0.497 e. The van der Waals surface area contributed by atoms with Crippen molar-refractivity contribution in [2.75, 3.05) is 13.7 Å². The minimum absolute atomic E-state index is 0. The SMILES string of the molecule is COC1=CC=C2C3Cc4ccc(OCc5ccccc5)c5c4C2(CCN3)C1O5.Cl. The molecule has 2 bridgehead atoms. The standard InChI is InChI=1S/C24H23NO3.ClH/c1-26-20-10-8-17-18-13-16-7-9-19(27-14-15-5-3-2-4-6-15)22-21(16)24(17,11-12-25-18)23(20)28-22;/h2-10,18,23,25H,11-14H2,1H3;1H. The third kappa shape index (κ3) is 2.49. The number of benzene rings is 2. The van der Waals surface area contributed by atoms with Crippen molar-refractivity contribution in [1.29, 1.82) is 0 Å². The first-order chi connectivity index (χ1) is 13.8. The van der Waals surface area contributed by atoms with E-state index in [9.17, 15) is 0 Å². The highest BCUT2D eigenvalue weighted by molar-refractivity contribution is 5.85. The van der Waals surface area contributed by atoms with Crippen LogP contribution in [-0.2, 0) is 23.2 Å². The van der Waals surface area contributed by atoms with Gasteiger partial charge in [0.05, 0.1) is 12.5 Å². The lowest BCUT2D eigenvalue weighted by atomic mass is 9.58. The summed E-state index contributed by atoms with van der Waals surface area (Å²) < 4.78 is 18.6. The van der Waals surface area contributed by atoms with E-state index >= 15 is 0 Å². The van der Waals surface area contributed by atoms with Crippen LogP contribution in [0.5, 0.6) is 11.5 Å². The lowest BCUT2D eigenvalue weighted by molar-refractivity contribution is 0.0990. The molecule has 3 atom stereocenters. The number of piperidine rings is 1. The van der Waals surface area contributed by atoms with Crippen LogP contribution < -0.4 is 14.8 Å². The van der Waals surface area contributed by atoms with E-state index in [1.54, 1.807) is 7.11 Å². The van der Waals surface area contributed by atoms with Gasteiger partial charge in [0, 0.05) is 11.6 Å². The fourth-order valence-electron chi connectivity index (χ4n) is 5.54.